The van der Waals surface area contributed by atoms with E-state index in [0.29, 0.717) is 19.4 Å². The Labute approximate surface area is 137 Å². The Hall–Kier alpha value is -1.59. The maximum absolute atomic E-state index is 11.9. The van der Waals surface area contributed by atoms with Crippen LogP contribution in [0.4, 0.5) is 11.4 Å². The highest BCUT2D eigenvalue weighted by atomic mass is 35.5. The van der Waals surface area contributed by atoms with Gasteiger partial charge in [-0.25, -0.2) is 0 Å². The fourth-order valence-electron chi connectivity index (χ4n) is 2.46. The summed E-state index contributed by atoms with van der Waals surface area (Å²) in [5.74, 6) is 0.0516. The Morgan fingerprint density at radius 3 is 2.73 bits per heavy atom. The molecule has 0 bridgehead atoms. The summed E-state index contributed by atoms with van der Waals surface area (Å²) in [6.45, 7) is 0.715. The van der Waals surface area contributed by atoms with E-state index in [9.17, 15) is 9.59 Å². The van der Waals surface area contributed by atoms with Crippen molar-refractivity contribution in [2.45, 2.75) is 44.9 Å². The number of fused-ring (bicyclic) bond motifs is 1. The highest BCUT2D eigenvalue weighted by Crippen LogP contribution is 2.26. The van der Waals surface area contributed by atoms with Gasteiger partial charge in [0, 0.05) is 24.2 Å². The fraction of sp³-hybridized carbons (Fsp3) is 0.500. The summed E-state index contributed by atoms with van der Waals surface area (Å²) in [6, 6.07) is 5.69. The molecule has 1 aliphatic rings. The Bertz CT molecular complexity index is 520. The molecule has 122 valence electrons. The molecule has 0 aromatic heterocycles. The summed E-state index contributed by atoms with van der Waals surface area (Å²) in [5, 5.41) is 5.72. The van der Waals surface area contributed by atoms with Crippen LogP contribution < -0.4 is 16.4 Å². The first-order chi connectivity index (χ1) is 10.2. The molecule has 2 amide bonds. The highest BCUT2D eigenvalue weighted by Gasteiger charge is 2.15. The second kappa shape index (κ2) is 9.43. The minimum atomic E-state index is 0. The average Bonchev–Trinajstić information content (AvgIpc) is 2.46. The zero-order valence-electron chi connectivity index (χ0n) is 12.7. The predicted molar refractivity (Wildman–Crippen MR) is 91.4 cm³/mol. The van der Waals surface area contributed by atoms with Gasteiger partial charge >= 0.3 is 0 Å². The number of benzene rings is 1. The number of nitrogens with two attached hydrogens (primary N) is 1. The van der Waals surface area contributed by atoms with Crippen molar-refractivity contribution >= 4 is 35.6 Å². The zero-order chi connectivity index (χ0) is 15.1. The second-order valence-electron chi connectivity index (χ2n) is 5.42. The Balaban J connectivity index is 0.00000242. The van der Waals surface area contributed by atoms with Crippen LogP contribution in [0.15, 0.2) is 18.2 Å². The molecule has 0 unspecified atom stereocenters. The maximum atomic E-state index is 11.9. The second-order valence-corrected chi connectivity index (χ2v) is 5.42. The fourth-order valence-corrected chi connectivity index (χ4v) is 2.46. The molecule has 1 heterocycles. The molecule has 0 saturated heterocycles. The van der Waals surface area contributed by atoms with Crippen molar-refractivity contribution in [1.29, 1.82) is 0 Å². The van der Waals surface area contributed by atoms with Gasteiger partial charge in [0.1, 0.15) is 0 Å². The lowest BCUT2D eigenvalue weighted by molar-refractivity contribution is -0.117. The third kappa shape index (κ3) is 5.66. The van der Waals surface area contributed by atoms with Crippen molar-refractivity contribution < 1.29 is 9.59 Å². The smallest absolute Gasteiger partial charge is 0.224 e. The van der Waals surface area contributed by atoms with E-state index in [4.69, 9.17) is 5.73 Å². The van der Waals surface area contributed by atoms with E-state index in [-0.39, 0.29) is 24.2 Å². The van der Waals surface area contributed by atoms with Gasteiger partial charge in [0.15, 0.2) is 0 Å². The van der Waals surface area contributed by atoms with Crippen molar-refractivity contribution in [3.63, 3.8) is 0 Å². The first-order valence-electron chi connectivity index (χ1n) is 7.62. The average molecular weight is 326 g/mol. The van der Waals surface area contributed by atoms with Crippen molar-refractivity contribution in [2.75, 3.05) is 17.2 Å². The van der Waals surface area contributed by atoms with Gasteiger partial charge in [-0.15, -0.1) is 12.4 Å². The van der Waals surface area contributed by atoms with Gasteiger partial charge in [-0.3, -0.25) is 9.59 Å². The largest absolute Gasteiger partial charge is 0.330 e. The lowest BCUT2D eigenvalue weighted by atomic mass is 10.0. The minimum absolute atomic E-state index is 0. The molecule has 0 radical (unpaired) electrons. The first kappa shape index (κ1) is 18.5. The number of amides is 2. The summed E-state index contributed by atoms with van der Waals surface area (Å²) in [5.41, 5.74) is 8.10. The topological polar surface area (TPSA) is 84.2 Å². The predicted octanol–water partition coefficient (Wildman–Crippen LogP) is 2.84. The molecule has 1 aliphatic heterocycles. The van der Waals surface area contributed by atoms with E-state index in [1.807, 2.05) is 18.2 Å². The summed E-state index contributed by atoms with van der Waals surface area (Å²) >= 11 is 0. The molecular weight excluding hydrogens is 302 g/mol. The van der Waals surface area contributed by atoms with E-state index < -0.39 is 0 Å². The standard InChI is InChI=1S/C16H23N3O2.ClH/c17-10-4-2-1-3-5-15(20)18-13-8-6-12-7-9-16(21)19-14(12)11-13;/h6,8,11H,1-5,7,9-10,17H2,(H,18,20)(H,19,21);1H. The number of carbonyl (C=O) groups is 2. The molecule has 2 rings (SSSR count). The van der Waals surface area contributed by atoms with Crippen LogP contribution in [0.5, 0.6) is 0 Å². The van der Waals surface area contributed by atoms with E-state index in [2.05, 4.69) is 10.6 Å². The summed E-state index contributed by atoms with van der Waals surface area (Å²) in [7, 11) is 0. The van der Waals surface area contributed by atoms with E-state index in [0.717, 1.165) is 49.0 Å². The summed E-state index contributed by atoms with van der Waals surface area (Å²) in [4.78, 5) is 23.2. The third-order valence-electron chi connectivity index (χ3n) is 3.65. The van der Waals surface area contributed by atoms with E-state index in [1.165, 1.54) is 0 Å². The number of halogens is 1. The molecule has 0 atom stereocenters. The van der Waals surface area contributed by atoms with Gasteiger partial charge in [0.05, 0.1) is 0 Å². The van der Waals surface area contributed by atoms with E-state index in [1.54, 1.807) is 0 Å². The molecule has 0 saturated carbocycles. The van der Waals surface area contributed by atoms with E-state index >= 15 is 0 Å². The summed E-state index contributed by atoms with van der Waals surface area (Å²) in [6.07, 6.45) is 5.82. The van der Waals surface area contributed by atoms with Crippen LogP contribution in [-0.4, -0.2) is 18.4 Å². The van der Waals surface area contributed by atoms with Gasteiger partial charge in [-0.1, -0.05) is 18.9 Å². The van der Waals surface area contributed by atoms with Crippen LogP contribution in [-0.2, 0) is 16.0 Å². The third-order valence-corrected chi connectivity index (χ3v) is 3.65. The van der Waals surface area contributed by atoms with Crippen LogP contribution in [0.1, 0.15) is 44.1 Å². The SMILES string of the molecule is Cl.NCCCCCCC(=O)Nc1ccc2c(c1)NC(=O)CC2. The zero-order valence-corrected chi connectivity index (χ0v) is 13.5. The number of hydrogen-bond donors (Lipinski definition) is 3. The molecule has 0 aliphatic carbocycles. The minimum Gasteiger partial charge on any atom is -0.330 e. The van der Waals surface area contributed by atoms with Crippen LogP contribution >= 0.6 is 12.4 Å². The Morgan fingerprint density at radius 1 is 1.18 bits per heavy atom. The monoisotopic (exact) mass is 325 g/mol. The Kier molecular flexibility index (Phi) is 7.91. The van der Waals surface area contributed by atoms with Crippen molar-refractivity contribution in [2.24, 2.45) is 5.73 Å². The van der Waals surface area contributed by atoms with Crippen LogP contribution in [0.3, 0.4) is 0 Å². The van der Waals surface area contributed by atoms with Crippen molar-refractivity contribution in [1.82, 2.24) is 0 Å². The van der Waals surface area contributed by atoms with Gasteiger partial charge in [0.2, 0.25) is 11.8 Å². The van der Waals surface area contributed by atoms with Crippen molar-refractivity contribution in [3.8, 4) is 0 Å². The van der Waals surface area contributed by atoms with Gasteiger partial charge in [-0.05, 0) is 43.5 Å². The maximum Gasteiger partial charge on any atom is 0.224 e. The lowest BCUT2D eigenvalue weighted by Crippen LogP contribution is -2.19. The molecule has 1 aromatic rings. The normalized spacial score (nSPS) is 12.9. The highest BCUT2D eigenvalue weighted by molar-refractivity contribution is 5.96. The molecule has 0 fully saturated rings. The quantitative estimate of drug-likeness (QED) is 0.674. The number of anilines is 2. The van der Waals surface area contributed by atoms with Gasteiger partial charge < -0.3 is 16.4 Å². The number of carbonyl (C=O) groups excluding carboxylic acids is 2. The van der Waals surface area contributed by atoms with Crippen molar-refractivity contribution in [3.05, 3.63) is 23.8 Å². The van der Waals surface area contributed by atoms with Crippen LogP contribution in [0.2, 0.25) is 0 Å². The number of nitrogens with one attached hydrogen (secondary N) is 2. The Morgan fingerprint density at radius 2 is 1.95 bits per heavy atom. The number of unbranched alkanes of at least 4 members (excludes halogenated alkanes) is 3. The molecule has 6 heteroatoms. The summed E-state index contributed by atoms with van der Waals surface area (Å²) < 4.78 is 0. The number of rotatable bonds is 7. The first-order valence-corrected chi connectivity index (χ1v) is 7.62. The van der Waals surface area contributed by atoms with Crippen LogP contribution in [0.25, 0.3) is 0 Å². The van der Waals surface area contributed by atoms with Gasteiger partial charge in [-0.2, -0.15) is 0 Å². The number of aryl methyl sites for hydroxylation is 1. The molecule has 5 nitrogen and oxygen atoms in total. The lowest BCUT2D eigenvalue weighted by Gasteiger charge is -2.17. The molecular formula is C16H24ClN3O2. The molecule has 22 heavy (non-hydrogen) atoms. The molecule has 4 N–H and O–H groups in total. The molecule has 0 spiro atoms. The molecule has 1 aromatic carbocycles. The van der Waals surface area contributed by atoms with Gasteiger partial charge in [0.25, 0.3) is 0 Å². The van der Waals surface area contributed by atoms with Crippen LogP contribution in [0, 0.1) is 0 Å². The number of hydrogen-bond acceptors (Lipinski definition) is 3.